The number of benzene rings is 2. The molecular formula is C22H23FN2O4. The number of fused-ring (bicyclic) bond motifs is 1. The Morgan fingerprint density at radius 2 is 1.79 bits per heavy atom. The third-order valence-corrected chi connectivity index (χ3v) is 5.24. The molecule has 1 aliphatic heterocycles. The van der Waals surface area contributed by atoms with Crippen LogP contribution in [0.1, 0.15) is 41.4 Å². The monoisotopic (exact) mass is 398 g/mol. The van der Waals surface area contributed by atoms with Crippen molar-refractivity contribution < 1.29 is 23.4 Å². The van der Waals surface area contributed by atoms with Crippen LogP contribution in [0, 0.1) is 17.1 Å². The Balaban J connectivity index is 2.10. The second-order valence-corrected chi connectivity index (χ2v) is 7.43. The number of halogens is 1. The number of methoxy groups -OCH3 is 3. The number of hydrogen-bond acceptors (Lipinski definition) is 5. The smallest absolute Gasteiger partial charge is 0.255 e. The predicted molar refractivity (Wildman–Crippen MR) is 105 cm³/mol. The molecule has 2 aromatic rings. The average molecular weight is 398 g/mol. The van der Waals surface area contributed by atoms with Crippen molar-refractivity contribution >= 4 is 5.91 Å². The molecule has 2 aromatic carbocycles. The number of carbonyl (C=O) groups excluding carboxylic acids is 1. The Morgan fingerprint density at radius 3 is 2.34 bits per heavy atom. The van der Waals surface area contributed by atoms with Gasteiger partial charge in [-0.3, -0.25) is 4.79 Å². The molecule has 0 saturated heterocycles. The summed E-state index contributed by atoms with van der Waals surface area (Å²) in [5.74, 6) is 0.250. The zero-order valence-electron chi connectivity index (χ0n) is 17.1. The van der Waals surface area contributed by atoms with Gasteiger partial charge in [-0.15, -0.1) is 0 Å². The SMILES string of the molecule is COc1cc2c(c(OC)c1OC)C(C#N)N(CC(C)(C)c1ccccc1F)C2=O. The summed E-state index contributed by atoms with van der Waals surface area (Å²) in [6.07, 6.45) is 0. The minimum Gasteiger partial charge on any atom is -0.493 e. The van der Waals surface area contributed by atoms with Crippen LogP contribution in [0.15, 0.2) is 30.3 Å². The molecule has 1 unspecified atom stereocenters. The predicted octanol–water partition coefficient (Wildman–Crippen LogP) is 3.85. The van der Waals surface area contributed by atoms with Crippen molar-refractivity contribution in [2.24, 2.45) is 0 Å². The number of amides is 1. The summed E-state index contributed by atoms with van der Waals surface area (Å²) in [6.45, 7) is 3.83. The van der Waals surface area contributed by atoms with E-state index in [-0.39, 0.29) is 24.0 Å². The van der Waals surface area contributed by atoms with Crippen molar-refractivity contribution in [3.05, 3.63) is 52.8 Å². The number of nitriles is 1. The Labute approximate surface area is 169 Å². The summed E-state index contributed by atoms with van der Waals surface area (Å²) in [7, 11) is 4.37. The van der Waals surface area contributed by atoms with E-state index in [9.17, 15) is 14.4 Å². The maximum absolute atomic E-state index is 14.4. The summed E-state index contributed by atoms with van der Waals surface area (Å²) < 4.78 is 30.6. The van der Waals surface area contributed by atoms with Crippen molar-refractivity contribution in [2.45, 2.75) is 25.3 Å². The normalized spacial score (nSPS) is 15.7. The molecule has 0 N–H and O–H groups in total. The fourth-order valence-electron chi connectivity index (χ4n) is 3.87. The number of nitrogens with zero attached hydrogens (tertiary/aromatic N) is 2. The van der Waals surface area contributed by atoms with E-state index in [2.05, 4.69) is 6.07 Å². The van der Waals surface area contributed by atoms with Gasteiger partial charge < -0.3 is 19.1 Å². The van der Waals surface area contributed by atoms with Gasteiger partial charge in [-0.1, -0.05) is 32.0 Å². The van der Waals surface area contributed by atoms with Gasteiger partial charge in [-0.05, 0) is 17.7 Å². The van der Waals surface area contributed by atoms with Crippen LogP contribution in [0.3, 0.4) is 0 Å². The molecule has 1 amide bonds. The molecule has 3 rings (SSSR count). The first-order valence-corrected chi connectivity index (χ1v) is 9.09. The van der Waals surface area contributed by atoms with Gasteiger partial charge in [-0.25, -0.2) is 4.39 Å². The van der Waals surface area contributed by atoms with Gasteiger partial charge in [0.15, 0.2) is 11.5 Å². The van der Waals surface area contributed by atoms with Crippen LogP contribution >= 0.6 is 0 Å². The maximum atomic E-state index is 14.4. The summed E-state index contributed by atoms with van der Waals surface area (Å²) >= 11 is 0. The molecule has 0 radical (unpaired) electrons. The zero-order valence-corrected chi connectivity index (χ0v) is 17.1. The van der Waals surface area contributed by atoms with E-state index in [1.165, 1.54) is 32.3 Å². The number of hydrogen-bond donors (Lipinski definition) is 0. The van der Waals surface area contributed by atoms with Crippen molar-refractivity contribution in [1.82, 2.24) is 4.90 Å². The molecule has 1 heterocycles. The molecule has 0 spiro atoms. The molecular weight excluding hydrogens is 375 g/mol. The van der Waals surface area contributed by atoms with E-state index < -0.39 is 11.5 Å². The van der Waals surface area contributed by atoms with Gasteiger partial charge in [0, 0.05) is 17.5 Å². The highest BCUT2D eigenvalue weighted by Crippen LogP contribution is 2.49. The molecule has 0 aliphatic carbocycles. The average Bonchev–Trinajstić information content (AvgIpc) is 2.97. The number of rotatable bonds is 6. The highest BCUT2D eigenvalue weighted by Gasteiger charge is 2.44. The van der Waals surface area contributed by atoms with E-state index in [0.29, 0.717) is 28.2 Å². The van der Waals surface area contributed by atoms with Crippen molar-refractivity contribution in [1.29, 1.82) is 5.26 Å². The quantitative estimate of drug-likeness (QED) is 0.739. The van der Waals surface area contributed by atoms with Crippen LogP contribution in [-0.2, 0) is 5.41 Å². The summed E-state index contributed by atoms with van der Waals surface area (Å²) in [4.78, 5) is 14.7. The first-order chi connectivity index (χ1) is 13.8. The molecule has 29 heavy (non-hydrogen) atoms. The molecule has 6 nitrogen and oxygen atoms in total. The minimum absolute atomic E-state index is 0.146. The molecule has 1 atom stereocenters. The third kappa shape index (κ3) is 3.25. The van der Waals surface area contributed by atoms with E-state index >= 15 is 0 Å². The number of carbonyl (C=O) groups is 1. The first-order valence-electron chi connectivity index (χ1n) is 9.09. The molecule has 0 saturated carbocycles. The standard InChI is InChI=1S/C22H23FN2O4/c1-22(2,14-8-6-7-9-15(14)23)12-25-16(11-24)18-13(21(25)26)10-17(27-3)19(28-4)20(18)29-5/h6-10,16H,12H2,1-5H3. The first kappa shape index (κ1) is 20.5. The Kier molecular flexibility index (Phi) is 5.38. The fraction of sp³-hybridized carbons (Fsp3) is 0.364. The van der Waals surface area contributed by atoms with Crippen LogP contribution in [0.4, 0.5) is 4.39 Å². The second-order valence-electron chi connectivity index (χ2n) is 7.43. The summed E-state index contributed by atoms with van der Waals surface area (Å²) in [5, 5.41) is 9.89. The zero-order chi connectivity index (χ0) is 21.3. The highest BCUT2D eigenvalue weighted by atomic mass is 19.1. The van der Waals surface area contributed by atoms with Crippen LogP contribution in [-0.4, -0.2) is 38.7 Å². The molecule has 0 bridgehead atoms. The van der Waals surface area contributed by atoms with Crippen molar-refractivity contribution in [3.63, 3.8) is 0 Å². The summed E-state index contributed by atoms with van der Waals surface area (Å²) in [5.41, 5.74) is 0.500. The van der Waals surface area contributed by atoms with Gasteiger partial charge in [0.05, 0.1) is 33.0 Å². The lowest BCUT2D eigenvalue weighted by Gasteiger charge is -2.32. The Bertz CT molecular complexity index is 997. The van der Waals surface area contributed by atoms with Gasteiger partial charge in [0.1, 0.15) is 11.9 Å². The molecule has 7 heteroatoms. The van der Waals surface area contributed by atoms with Crippen LogP contribution in [0.5, 0.6) is 17.2 Å². The topological polar surface area (TPSA) is 71.8 Å². The lowest BCUT2D eigenvalue weighted by atomic mass is 9.83. The molecule has 0 aromatic heterocycles. The number of ether oxygens (including phenoxy) is 3. The molecule has 1 aliphatic rings. The van der Waals surface area contributed by atoms with Gasteiger partial charge >= 0.3 is 0 Å². The highest BCUT2D eigenvalue weighted by molar-refractivity contribution is 6.01. The lowest BCUT2D eigenvalue weighted by molar-refractivity contribution is 0.0720. The van der Waals surface area contributed by atoms with Crippen LogP contribution in [0.25, 0.3) is 0 Å². The lowest BCUT2D eigenvalue weighted by Crippen LogP contribution is -2.39. The second kappa shape index (κ2) is 7.63. The third-order valence-electron chi connectivity index (χ3n) is 5.24. The summed E-state index contributed by atoms with van der Waals surface area (Å²) in [6, 6.07) is 9.30. The molecule has 152 valence electrons. The van der Waals surface area contributed by atoms with Gasteiger partial charge in [0.25, 0.3) is 5.91 Å². The maximum Gasteiger partial charge on any atom is 0.255 e. The Hall–Kier alpha value is -3.27. The van der Waals surface area contributed by atoms with Crippen LogP contribution in [0.2, 0.25) is 0 Å². The van der Waals surface area contributed by atoms with E-state index in [0.717, 1.165) is 0 Å². The Morgan fingerprint density at radius 1 is 1.14 bits per heavy atom. The van der Waals surface area contributed by atoms with E-state index in [4.69, 9.17) is 14.2 Å². The fourth-order valence-corrected chi connectivity index (χ4v) is 3.87. The van der Waals surface area contributed by atoms with Gasteiger partial charge in [0.2, 0.25) is 5.75 Å². The van der Waals surface area contributed by atoms with E-state index in [1.54, 1.807) is 24.3 Å². The van der Waals surface area contributed by atoms with E-state index in [1.807, 2.05) is 13.8 Å². The largest absolute Gasteiger partial charge is 0.493 e. The minimum atomic E-state index is -0.890. The van der Waals surface area contributed by atoms with Crippen molar-refractivity contribution in [2.75, 3.05) is 27.9 Å². The van der Waals surface area contributed by atoms with Crippen molar-refractivity contribution in [3.8, 4) is 23.3 Å². The van der Waals surface area contributed by atoms with Gasteiger partial charge in [-0.2, -0.15) is 5.26 Å². The van der Waals surface area contributed by atoms with Crippen LogP contribution < -0.4 is 14.2 Å². The molecule has 0 fully saturated rings.